The van der Waals surface area contributed by atoms with Crippen LogP contribution in [0.2, 0.25) is 0 Å². The minimum absolute atomic E-state index is 0.00668. The SMILES string of the molecule is CO[C@H]1CC[C@H]2CSC(CC(=O)OC(C)(C)C)=N[C@@]2(c2cc(N)ccc2F)C1.CO[C@H]1CC[C@H]2CSC(CC(=O)OC(C)(C)C)=N[C@@]2(c2cc(N)ccc2F)C1.CO[C@H]1CC[C@H]2CSC(CC(=O)OC(C)(C)C)=N[C@@]2(c2cc([N+](=O)[O-])ccc2F)C1. The van der Waals surface area contributed by atoms with Gasteiger partial charge < -0.3 is 39.9 Å². The number of nitrogen functional groups attached to an aromatic ring is 2. The number of nitro benzene ring substituents is 1. The van der Waals surface area contributed by atoms with Crippen LogP contribution in [-0.2, 0) is 59.4 Å². The van der Waals surface area contributed by atoms with Gasteiger partial charge in [-0.3, -0.25) is 39.5 Å². The largest absolute Gasteiger partial charge is 0.460 e. The molecular weight excluding hydrogens is 1170 g/mol. The molecule has 3 heterocycles. The molecule has 23 heteroatoms. The summed E-state index contributed by atoms with van der Waals surface area (Å²) in [5.41, 5.74) is 9.74. The summed E-state index contributed by atoms with van der Waals surface area (Å²) in [6.45, 7) is 16.4. The maximum absolute atomic E-state index is 15.0. The van der Waals surface area contributed by atoms with Gasteiger partial charge in [0.2, 0.25) is 0 Å². The van der Waals surface area contributed by atoms with Crippen molar-refractivity contribution < 1.29 is 60.9 Å². The van der Waals surface area contributed by atoms with Crippen molar-refractivity contribution in [1.29, 1.82) is 0 Å². The zero-order chi connectivity index (χ0) is 63.2. The molecule has 86 heavy (non-hydrogen) atoms. The van der Waals surface area contributed by atoms with Crippen LogP contribution in [0.25, 0.3) is 0 Å². The molecule has 0 saturated heterocycles. The number of aliphatic imine (C=N–C) groups is 3. The number of esters is 3. The summed E-state index contributed by atoms with van der Waals surface area (Å²) in [5, 5.41) is 13.3. The standard InChI is InChI=1S/C21H27FN2O5S.2C21H29FN2O3S/c1-20(2,3)29-19(25)10-18-23-21(11-15(28-4)7-5-13(21)12-30-18)16-9-14(24(26)27)6-8-17(16)22;2*1-20(2,3)27-19(25)10-18-24-21(16-9-14(23)6-8-17(16)22)11-15(26-4)7-5-13(21)12-28-18/h6,8-9,13,15H,5,7,10-12H2,1-4H3;2*6,8-9,13,15H,5,7,10-12,23H2,1-4H3/t3*13-,15-,21-/m000/s1. The number of nitrogens with zero attached hydrogens (tertiary/aromatic N) is 4. The summed E-state index contributed by atoms with van der Waals surface area (Å²) in [7, 11) is 4.96. The van der Waals surface area contributed by atoms with Crippen molar-refractivity contribution in [2.75, 3.05) is 50.1 Å². The number of hydrogen-bond acceptors (Lipinski definition) is 19. The summed E-state index contributed by atoms with van der Waals surface area (Å²) >= 11 is 4.61. The number of methoxy groups -OCH3 is 3. The Morgan fingerprint density at radius 3 is 1.09 bits per heavy atom. The van der Waals surface area contributed by atoms with Crippen molar-refractivity contribution in [3.8, 4) is 0 Å². The van der Waals surface area contributed by atoms with Crippen molar-refractivity contribution in [2.45, 2.75) is 191 Å². The van der Waals surface area contributed by atoms with E-state index in [1.54, 1.807) is 89.9 Å². The smallest absolute Gasteiger partial charge is 0.312 e. The molecule has 3 aliphatic carbocycles. The predicted octanol–water partition coefficient (Wildman–Crippen LogP) is 13.2. The normalized spacial score (nSPS) is 27.3. The number of ether oxygens (including phenoxy) is 6. The molecule has 3 fully saturated rings. The number of nitrogens with two attached hydrogens (primary N) is 2. The third-order valence-electron chi connectivity index (χ3n) is 16.2. The molecule has 0 unspecified atom stereocenters. The van der Waals surface area contributed by atoms with E-state index in [0.717, 1.165) is 62.2 Å². The molecule has 472 valence electrons. The lowest BCUT2D eigenvalue weighted by Gasteiger charge is -2.47. The fourth-order valence-corrected chi connectivity index (χ4v) is 16.3. The predicted molar refractivity (Wildman–Crippen MR) is 335 cm³/mol. The first-order valence-electron chi connectivity index (χ1n) is 29.2. The van der Waals surface area contributed by atoms with Gasteiger partial charge in [-0.1, -0.05) is 0 Å². The zero-order valence-electron chi connectivity index (χ0n) is 51.6. The lowest BCUT2D eigenvalue weighted by Crippen LogP contribution is -2.46. The van der Waals surface area contributed by atoms with E-state index in [1.807, 2.05) is 41.5 Å². The Morgan fingerprint density at radius 1 is 0.523 bits per heavy atom. The van der Waals surface area contributed by atoms with Crippen LogP contribution in [0, 0.1) is 45.3 Å². The second kappa shape index (κ2) is 28.1. The average molecular weight is 1260 g/mol. The summed E-state index contributed by atoms with van der Waals surface area (Å²) < 4.78 is 77.9. The molecule has 0 aromatic heterocycles. The van der Waals surface area contributed by atoms with Gasteiger partial charge in [-0.2, -0.15) is 0 Å². The first-order valence-corrected chi connectivity index (χ1v) is 32.2. The van der Waals surface area contributed by atoms with Gasteiger partial charge in [-0.05, 0) is 161 Å². The molecule has 0 amide bonds. The molecule has 3 aromatic carbocycles. The van der Waals surface area contributed by atoms with E-state index in [-0.39, 0.29) is 90.2 Å². The van der Waals surface area contributed by atoms with Gasteiger partial charge in [0.25, 0.3) is 5.69 Å². The molecule has 3 aliphatic heterocycles. The van der Waals surface area contributed by atoms with Gasteiger partial charge in [0, 0.05) is 98.0 Å². The second-order valence-corrected chi connectivity index (χ2v) is 29.2. The summed E-state index contributed by atoms with van der Waals surface area (Å²) in [4.78, 5) is 62.6. The lowest BCUT2D eigenvalue weighted by atomic mass is 9.68. The molecule has 9 atom stereocenters. The van der Waals surface area contributed by atoms with Gasteiger partial charge >= 0.3 is 17.9 Å². The first kappa shape index (κ1) is 68.3. The Hall–Kier alpha value is -5.20. The van der Waals surface area contributed by atoms with Crippen molar-refractivity contribution in [3.05, 3.63) is 98.9 Å². The molecule has 17 nitrogen and oxygen atoms in total. The number of hydrogen-bond donors (Lipinski definition) is 2. The third-order valence-corrected chi connectivity index (χ3v) is 19.6. The minimum Gasteiger partial charge on any atom is -0.460 e. The fourth-order valence-electron chi connectivity index (χ4n) is 12.4. The van der Waals surface area contributed by atoms with E-state index in [9.17, 15) is 37.7 Å². The Bertz CT molecular complexity index is 2930. The van der Waals surface area contributed by atoms with Crippen LogP contribution < -0.4 is 11.5 Å². The van der Waals surface area contributed by atoms with Crippen LogP contribution in [0.4, 0.5) is 30.2 Å². The molecule has 6 aliphatic rings. The van der Waals surface area contributed by atoms with Crippen LogP contribution in [0.15, 0.2) is 69.6 Å². The number of carbonyl (C=O) groups is 3. The zero-order valence-corrected chi connectivity index (χ0v) is 54.0. The number of rotatable bonds is 13. The van der Waals surface area contributed by atoms with Crippen LogP contribution in [0.3, 0.4) is 0 Å². The van der Waals surface area contributed by atoms with Crippen molar-refractivity contribution >= 4 is 85.4 Å². The number of halogens is 3. The van der Waals surface area contributed by atoms with E-state index in [0.29, 0.717) is 62.6 Å². The Kier molecular flexibility index (Phi) is 22.3. The molecule has 3 aromatic rings. The van der Waals surface area contributed by atoms with Crippen LogP contribution in [0.5, 0.6) is 0 Å². The summed E-state index contributed by atoms with van der Waals surface area (Å²) in [6, 6.07) is 12.9. The Balaban J connectivity index is 0.000000185. The monoisotopic (exact) mass is 1250 g/mol. The molecule has 0 radical (unpaired) electrons. The van der Waals surface area contributed by atoms with Gasteiger partial charge in [-0.25, -0.2) is 13.2 Å². The average Bonchev–Trinajstić information content (AvgIpc) is 0.915. The van der Waals surface area contributed by atoms with Crippen molar-refractivity contribution in [1.82, 2.24) is 0 Å². The second-order valence-electron chi connectivity index (χ2n) is 25.9. The molecule has 4 N–H and O–H groups in total. The molecular formula is C63H85F3N6O11S3. The van der Waals surface area contributed by atoms with Crippen molar-refractivity contribution in [2.24, 2.45) is 32.7 Å². The number of nitro groups is 1. The maximum atomic E-state index is 15.0. The van der Waals surface area contributed by atoms with Gasteiger partial charge in [0.05, 0.1) is 74.2 Å². The number of non-ortho nitro benzene ring substituents is 1. The number of carbonyl (C=O) groups excluding carboxylic acids is 3. The van der Waals surface area contributed by atoms with Gasteiger partial charge in [-0.15, -0.1) is 35.3 Å². The first-order chi connectivity index (χ1) is 40.3. The molecule has 0 bridgehead atoms. The highest BCUT2D eigenvalue weighted by molar-refractivity contribution is 8.14. The van der Waals surface area contributed by atoms with E-state index >= 15 is 0 Å². The van der Waals surface area contributed by atoms with Gasteiger partial charge in [0.1, 0.15) is 34.3 Å². The number of benzene rings is 3. The van der Waals surface area contributed by atoms with Crippen LogP contribution >= 0.6 is 35.3 Å². The van der Waals surface area contributed by atoms with Gasteiger partial charge in [0.15, 0.2) is 0 Å². The molecule has 0 spiro atoms. The minimum atomic E-state index is -1.00. The molecule has 9 rings (SSSR count). The Morgan fingerprint density at radius 2 is 0.814 bits per heavy atom. The number of thioether (sulfide) groups is 3. The highest BCUT2D eigenvalue weighted by Gasteiger charge is 2.52. The van der Waals surface area contributed by atoms with E-state index in [2.05, 4.69) is 0 Å². The van der Waals surface area contributed by atoms with E-state index < -0.39 is 50.1 Å². The summed E-state index contributed by atoms with van der Waals surface area (Å²) in [6.07, 6.45) is 6.78. The van der Waals surface area contributed by atoms with Crippen LogP contribution in [0.1, 0.15) is 156 Å². The Labute approximate surface area is 516 Å². The van der Waals surface area contributed by atoms with E-state index in [1.165, 1.54) is 30.0 Å². The fraction of sp³-hybridized carbons (Fsp3) is 0.619. The van der Waals surface area contributed by atoms with E-state index in [4.69, 9.17) is 54.9 Å². The highest BCUT2D eigenvalue weighted by atomic mass is 32.2. The highest BCUT2D eigenvalue weighted by Crippen LogP contribution is 2.54. The number of fused-ring (bicyclic) bond motifs is 3. The number of anilines is 2. The van der Waals surface area contributed by atoms with Crippen LogP contribution in [-0.4, -0.2) is 112 Å². The van der Waals surface area contributed by atoms with Crippen molar-refractivity contribution in [3.63, 3.8) is 0 Å². The lowest BCUT2D eigenvalue weighted by molar-refractivity contribution is -0.385. The summed E-state index contributed by atoms with van der Waals surface area (Å²) in [5.74, 6) is 0.345. The molecule has 3 saturated carbocycles. The maximum Gasteiger partial charge on any atom is 0.312 e. The topological polar surface area (TPSA) is 239 Å². The third kappa shape index (κ3) is 17.1. The quantitative estimate of drug-likeness (QED) is 0.0532.